The fourth-order valence-corrected chi connectivity index (χ4v) is 1.10. The van der Waals surface area contributed by atoms with Gasteiger partial charge in [-0.2, -0.15) is 0 Å². The molecule has 2 rings (SSSR count). The number of aromatic amines is 1. The minimum Gasteiger partial charge on any atom is -0.368 e. The maximum absolute atomic E-state index is 5.54. The zero-order valence-electron chi connectivity index (χ0n) is 5.46. The molecule has 0 amide bonds. The monoisotopic (exact) mass is 127 g/mol. The molecule has 1 nitrogen and oxygen atoms in total. The third-order valence-electron chi connectivity index (χ3n) is 1.55. The molecule has 0 aliphatic rings. The standard InChI is InChI=1S/C8H6BN/c9-8-5-6-3-1-2-4-7(6)10-8/h1-5,10H. The van der Waals surface area contributed by atoms with E-state index in [2.05, 4.69) is 4.98 Å². The second-order valence-electron chi connectivity index (χ2n) is 2.31. The number of para-hydroxylation sites is 1. The topological polar surface area (TPSA) is 15.8 Å². The summed E-state index contributed by atoms with van der Waals surface area (Å²) in [5, 5.41) is 1.17. The Morgan fingerprint density at radius 3 is 2.80 bits per heavy atom. The molecule has 0 saturated heterocycles. The molecule has 0 atom stereocenters. The Balaban J connectivity index is 2.88. The quantitative estimate of drug-likeness (QED) is 0.507. The predicted octanol–water partition coefficient (Wildman–Crippen LogP) is 0.962. The second kappa shape index (κ2) is 1.91. The van der Waals surface area contributed by atoms with E-state index in [9.17, 15) is 0 Å². The zero-order valence-corrected chi connectivity index (χ0v) is 5.46. The number of aromatic nitrogens is 1. The highest BCUT2D eigenvalue weighted by atomic mass is 14.7. The van der Waals surface area contributed by atoms with E-state index >= 15 is 0 Å². The van der Waals surface area contributed by atoms with Gasteiger partial charge < -0.3 is 4.98 Å². The largest absolute Gasteiger partial charge is 0.368 e. The van der Waals surface area contributed by atoms with Crippen LogP contribution in [-0.4, -0.2) is 12.8 Å². The Morgan fingerprint density at radius 1 is 1.20 bits per heavy atom. The molecule has 10 heavy (non-hydrogen) atoms. The lowest BCUT2D eigenvalue weighted by molar-refractivity contribution is 1.54. The summed E-state index contributed by atoms with van der Waals surface area (Å²) in [7, 11) is 5.54. The maximum Gasteiger partial charge on any atom is 0.138 e. The highest BCUT2D eigenvalue weighted by Crippen LogP contribution is 2.07. The minimum absolute atomic E-state index is 0.723. The lowest BCUT2D eigenvalue weighted by Crippen LogP contribution is -1.99. The summed E-state index contributed by atoms with van der Waals surface area (Å²) in [6.45, 7) is 0. The Kier molecular flexibility index (Phi) is 1.07. The molecule has 0 fully saturated rings. The molecule has 1 N–H and O–H groups in total. The fourth-order valence-electron chi connectivity index (χ4n) is 1.10. The van der Waals surface area contributed by atoms with Gasteiger partial charge in [0.1, 0.15) is 7.85 Å². The van der Waals surface area contributed by atoms with E-state index in [0.717, 1.165) is 11.1 Å². The van der Waals surface area contributed by atoms with E-state index in [0.29, 0.717) is 0 Å². The van der Waals surface area contributed by atoms with Crippen LogP contribution in [0.2, 0.25) is 0 Å². The smallest absolute Gasteiger partial charge is 0.138 e. The van der Waals surface area contributed by atoms with Crippen molar-refractivity contribution in [3.05, 3.63) is 30.3 Å². The van der Waals surface area contributed by atoms with Crippen molar-refractivity contribution in [2.24, 2.45) is 0 Å². The van der Waals surface area contributed by atoms with Crippen LogP contribution < -0.4 is 5.59 Å². The average molecular weight is 127 g/mol. The molecule has 2 radical (unpaired) electrons. The molecule has 0 aliphatic carbocycles. The van der Waals surface area contributed by atoms with Crippen LogP contribution in [0, 0.1) is 0 Å². The summed E-state index contributed by atoms with van der Waals surface area (Å²) >= 11 is 0. The molecule has 2 aromatic rings. The number of nitrogens with one attached hydrogen (secondary N) is 1. The van der Waals surface area contributed by atoms with Crippen LogP contribution >= 0.6 is 0 Å². The van der Waals surface area contributed by atoms with Gasteiger partial charge in [0.05, 0.1) is 0 Å². The summed E-state index contributed by atoms with van der Waals surface area (Å²) < 4.78 is 0. The molecule has 1 heterocycles. The van der Waals surface area contributed by atoms with Gasteiger partial charge in [-0.25, -0.2) is 0 Å². The Hall–Kier alpha value is -1.18. The molecule has 1 aromatic heterocycles. The normalized spacial score (nSPS) is 10.4. The molecular formula is C8H6BN. The molecule has 0 unspecified atom stereocenters. The van der Waals surface area contributed by atoms with E-state index in [4.69, 9.17) is 7.85 Å². The van der Waals surface area contributed by atoms with Gasteiger partial charge >= 0.3 is 0 Å². The van der Waals surface area contributed by atoms with Crippen LogP contribution in [0.15, 0.2) is 30.3 Å². The maximum atomic E-state index is 5.54. The Bertz CT molecular complexity index is 318. The van der Waals surface area contributed by atoms with Crippen molar-refractivity contribution in [2.45, 2.75) is 0 Å². The average Bonchev–Trinajstić information content (AvgIpc) is 2.27. The van der Waals surface area contributed by atoms with Crippen LogP contribution in [0.4, 0.5) is 0 Å². The van der Waals surface area contributed by atoms with Crippen molar-refractivity contribution >= 4 is 24.3 Å². The van der Waals surface area contributed by atoms with Gasteiger partial charge in [0.15, 0.2) is 0 Å². The number of hydrogen-bond donors (Lipinski definition) is 1. The van der Waals surface area contributed by atoms with Crippen molar-refractivity contribution in [1.82, 2.24) is 4.98 Å². The number of benzene rings is 1. The van der Waals surface area contributed by atoms with E-state index in [1.165, 1.54) is 5.39 Å². The van der Waals surface area contributed by atoms with Gasteiger partial charge in [-0.1, -0.05) is 18.2 Å². The van der Waals surface area contributed by atoms with Gasteiger partial charge in [0, 0.05) is 5.52 Å². The van der Waals surface area contributed by atoms with E-state index in [1.54, 1.807) is 0 Å². The summed E-state index contributed by atoms with van der Waals surface area (Å²) in [6, 6.07) is 9.94. The lowest BCUT2D eigenvalue weighted by atomic mass is 10.1. The first-order chi connectivity index (χ1) is 4.86. The first-order valence-corrected chi connectivity index (χ1v) is 3.19. The summed E-state index contributed by atoms with van der Waals surface area (Å²) in [6.07, 6.45) is 0. The van der Waals surface area contributed by atoms with Gasteiger partial charge in [-0.15, -0.1) is 0 Å². The predicted molar refractivity (Wildman–Crippen MR) is 43.7 cm³/mol. The van der Waals surface area contributed by atoms with Crippen molar-refractivity contribution in [1.29, 1.82) is 0 Å². The first-order valence-electron chi connectivity index (χ1n) is 3.19. The highest BCUT2D eigenvalue weighted by molar-refractivity contribution is 6.32. The summed E-state index contributed by atoms with van der Waals surface area (Å²) in [5.41, 5.74) is 1.82. The lowest BCUT2D eigenvalue weighted by Gasteiger charge is -1.83. The Labute approximate surface area is 60.5 Å². The van der Waals surface area contributed by atoms with Crippen molar-refractivity contribution < 1.29 is 0 Å². The summed E-state index contributed by atoms with van der Waals surface area (Å²) in [5.74, 6) is 0. The third-order valence-corrected chi connectivity index (χ3v) is 1.55. The van der Waals surface area contributed by atoms with Crippen LogP contribution in [0.3, 0.4) is 0 Å². The molecule has 0 bridgehead atoms. The van der Waals surface area contributed by atoms with Crippen molar-refractivity contribution in [3.63, 3.8) is 0 Å². The van der Waals surface area contributed by atoms with E-state index in [-0.39, 0.29) is 0 Å². The SMILES string of the molecule is [B]c1cc2ccccc2[nH]1. The molecule has 0 spiro atoms. The molecule has 0 saturated carbocycles. The van der Waals surface area contributed by atoms with Gasteiger partial charge in [0.2, 0.25) is 0 Å². The molecule has 2 heteroatoms. The van der Waals surface area contributed by atoms with Gasteiger partial charge in [-0.3, -0.25) is 0 Å². The van der Waals surface area contributed by atoms with Crippen LogP contribution in [-0.2, 0) is 0 Å². The van der Waals surface area contributed by atoms with Gasteiger partial charge in [-0.05, 0) is 23.1 Å². The first kappa shape index (κ1) is 5.60. The molecule has 1 aromatic carbocycles. The highest BCUT2D eigenvalue weighted by Gasteiger charge is 1.91. The second-order valence-corrected chi connectivity index (χ2v) is 2.31. The third kappa shape index (κ3) is 0.729. The number of rotatable bonds is 0. The summed E-state index contributed by atoms with van der Waals surface area (Å²) in [4.78, 5) is 3.04. The van der Waals surface area contributed by atoms with Crippen molar-refractivity contribution in [2.75, 3.05) is 0 Å². The van der Waals surface area contributed by atoms with Crippen LogP contribution in [0.5, 0.6) is 0 Å². The Morgan fingerprint density at radius 2 is 2.00 bits per heavy atom. The fraction of sp³-hybridized carbons (Fsp3) is 0. The van der Waals surface area contributed by atoms with E-state index < -0.39 is 0 Å². The molecular weight excluding hydrogens is 121 g/mol. The molecule has 0 aliphatic heterocycles. The minimum atomic E-state index is 0.723. The van der Waals surface area contributed by atoms with Crippen molar-refractivity contribution in [3.8, 4) is 0 Å². The van der Waals surface area contributed by atoms with E-state index in [1.807, 2.05) is 30.3 Å². The van der Waals surface area contributed by atoms with Gasteiger partial charge in [0.25, 0.3) is 0 Å². The van der Waals surface area contributed by atoms with Crippen LogP contribution in [0.25, 0.3) is 10.9 Å². The number of fused-ring (bicyclic) bond motifs is 1. The zero-order chi connectivity index (χ0) is 6.97. The van der Waals surface area contributed by atoms with Crippen LogP contribution in [0.1, 0.15) is 0 Å². The molecule has 46 valence electrons. The number of hydrogen-bond acceptors (Lipinski definition) is 0. The number of H-pyrrole nitrogens is 1.